The maximum absolute atomic E-state index is 12.9. The third kappa shape index (κ3) is 2.95. The number of benzene rings is 2. The van der Waals surface area contributed by atoms with E-state index in [1.807, 2.05) is 38.1 Å². The Morgan fingerprint density at radius 2 is 1.70 bits per heavy atom. The van der Waals surface area contributed by atoms with Crippen molar-refractivity contribution in [2.75, 3.05) is 5.32 Å². The fourth-order valence-corrected chi connectivity index (χ4v) is 3.49. The standard InChI is InChI=1S/C21H20N4O2/c1-12-6-4-5-7-19(12)25-13(2)10-16(14(25)3)20(26)22-15-8-9-17-18(11-15)24-21(27)23-17/h4-11H,1-3H3,(H,22,26)(H2,23,24,27). The summed E-state index contributed by atoms with van der Waals surface area (Å²) >= 11 is 0. The summed E-state index contributed by atoms with van der Waals surface area (Å²) in [6.07, 6.45) is 0. The van der Waals surface area contributed by atoms with Gasteiger partial charge in [-0.3, -0.25) is 4.79 Å². The number of aromatic amines is 2. The minimum atomic E-state index is -0.268. The van der Waals surface area contributed by atoms with Crippen molar-refractivity contribution in [3.8, 4) is 5.69 Å². The molecule has 0 fully saturated rings. The van der Waals surface area contributed by atoms with E-state index in [0.29, 0.717) is 22.3 Å². The first-order valence-electron chi connectivity index (χ1n) is 8.72. The Morgan fingerprint density at radius 3 is 2.48 bits per heavy atom. The van der Waals surface area contributed by atoms with Gasteiger partial charge in [0, 0.05) is 22.8 Å². The second kappa shape index (κ2) is 6.32. The van der Waals surface area contributed by atoms with Crippen molar-refractivity contribution in [3.05, 3.63) is 81.5 Å². The van der Waals surface area contributed by atoms with Crippen LogP contribution in [0.2, 0.25) is 0 Å². The molecule has 3 N–H and O–H groups in total. The molecule has 0 saturated heterocycles. The number of aromatic nitrogens is 3. The van der Waals surface area contributed by atoms with Crippen molar-refractivity contribution in [2.24, 2.45) is 0 Å². The number of para-hydroxylation sites is 1. The number of aryl methyl sites for hydroxylation is 2. The monoisotopic (exact) mass is 360 g/mol. The van der Waals surface area contributed by atoms with Crippen LogP contribution in [0.5, 0.6) is 0 Å². The Kier molecular flexibility index (Phi) is 3.96. The Labute approximate surface area is 155 Å². The Hall–Kier alpha value is -3.54. The molecule has 136 valence electrons. The van der Waals surface area contributed by atoms with Gasteiger partial charge in [-0.1, -0.05) is 18.2 Å². The first-order valence-corrected chi connectivity index (χ1v) is 8.72. The number of carbonyl (C=O) groups excluding carboxylic acids is 1. The molecule has 1 amide bonds. The van der Waals surface area contributed by atoms with Crippen molar-refractivity contribution in [2.45, 2.75) is 20.8 Å². The van der Waals surface area contributed by atoms with E-state index < -0.39 is 0 Å². The van der Waals surface area contributed by atoms with E-state index in [-0.39, 0.29) is 11.6 Å². The van der Waals surface area contributed by atoms with E-state index in [9.17, 15) is 9.59 Å². The van der Waals surface area contributed by atoms with Crippen molar-refractivity contribution < 1.29 is 4.79 Å². The average Bonchev–Trinajstić information content (AvgIpc) is 3.14. The van der Waals surface area contributed by atoms with Gasteiger partial charge in [0.05, 0.1) is 16.6 Å². The van der Waals surface area contributed by atoms with E-state index in [1.54, 1.807) is 18.2 Å². The molecule has 0 atom stereocenters. The Morgan fingerprint density at radius 1 is 0.963 bits per heavy atom. The van der Waals surface area contributed by atoms with Crippen LogP contribution >= 0.6 is 0 Å². The number of nitrogens with one attached hydrogen (secondary N) is 3. The highest BCUT2D eigenvalue weighted by molar-refractivity contribution is 6.06. The Balaban J connectivity index is 1.68. The molecule has 6 nitrogen and oxygen atoms in total. The van der Waals surface area contributed by atoms with Crippen LogP contribution < -0.4 is 11.0 Å². The zero-order valence-electron chi connectivity index (χ0n) is 15.4. The lowest BCUT2D eigenvalue weighted by Gasteiger charge is -2.13. The summed E-state index contributed by atoms with van der Waals surface area (Å²) in [5.74, 6) is -0.180. The van der Waals surface area contributed by atoms with Crippen LogP contribution in [0.15, 0.2) is 53.3 Å². The first kappa shape index (κ1) is 16.9. The van der Waals surface area contributed by atoms with Gasteiger partial charge in [-0.15, -0.1) is 0 Å². The lowest BCUT2D eigenvalue weighted by molar-refractivity contribution is 0.102. The van der Waals surface area contributed by atoms with Crippen LogP contribution in [0, 0.1) is 20.8 Å². The van der Waals surface area contributed by atoms with Gasteiger partial charge in [0.15, 0.2) is 0 Å². The average molecular weight is 360 g/mol. The molecule has 0 bridgehead atoms. The number of fused-ring (bicyclic) bond motifs is 1. The normalized spacial score (nSPS) is 11.1. The van der Waals surface area contributed by atoms with Gasteiger partial charge in [-0.05, 0) is 56.7 Å². The van der Waals surface area contributed by atoms with Gasteiger partial charge in [-0.2, -0.15) is 0 Å². The van der Waals surface area contributed by atoms with Crippen LogP contribution in [0.3, 0.4) is 0 Å². The summed E-state index contributed by atoms with van der Waals surface area (Å²) < 4.78 is 2.09. The van der Waals surface area contributed by atoms with E-state index >= 15 is 0 Å². The quantitative estimate of drug-likeness (QED) is 0.519. The van der Waals surface area contributed by atoms with Crippen molar-refractivity contribution in [1.82, 2.24) is 14.5 Å². The molecule has 0 aliphatic heterocycles. The SMILES string of the molecule is Cc1ccccc1-n1c(C)cc(C(=O)Nc2ccc3[nH]c(=O)[nH]c3c2)c1C. The Bertz CT molecular complexity index is 1230. The van der Waals surface area contributed by atoms with E-state index in [4.69, 9.17) is 0 Å². The fraction of sp³-hybridized carbons (Fsp3) is 0.143. The third-order valence-corrected chi connectivity index (χ3v) is 4.81. The number of rotatable bonds is 3. The minimum absolute atomic E-state index is 0.180. The van der Waals surface area contributed by atoms with Crippen LogP contribution in [0.4, 0.5) is 5.69 Å². The molecule has 4 rings (SSSR count). The predicted molar refractivity (Wildman–Crippen MR) is 107 cm³/mol. The molecule has 27 heavy (non-hydrogen) atoms. The number of hydrogen-bond donors (Lipinski definition) is 3. The zero-order valence-corrected chi connectivity index (χ0v) is 15.4. The lowest BCUT2D eigenvalue weighted by Crippen LogP contribution is -2.13. The number of anilines is 1. The topological polar surface area (TPSA) is 82.7 Å². The molecule has 4 aromatic rings. The van der Waals surface area contributed by atoms with Gasteiger partial charge in [0.2, 0.25) is 0 Å². The van der Waals surface area contributed by atoms with Gasteiger partial charge >= 0.3 is 5.69 Å². The largest absolute Gasteiger partial charge is 0.323 e. The molecule has 0 radical (unpaired) electrons. The van der Waals surface area contributed by atoms with Gasteiger partial charge in [0.25, 0.3) is 5.91 Å². The van der Waals surface area contributed by atoms with E-state index in [0.717, 1.165) is 22.6 Å². The summed E-state index contributed by atoms with van der Waals surface area (Å²) in [6.45, 7) is 5.99. The maximum atomic E-state index is 12.9. The summed E-state index contributed by atoms with van der Waals surface area (Å²) in [7, 11) is 0. The highest BCUT2D eigenvalue weighted by Crippen LogP contribution is 2.24. The number of nitrogens with zero attached hydrogens (tertiary/aromatic N) is 1. The van der Waals surface area contributed by atoms with E-state index in [1.165, 1.54) is 0 Å². The molecular weight excluding hydrogens is 340 g/mol. The summed E-state index contributed by atoms with van der Waals surface area (Å²) in [6, 6.07) is 15.3. The number of H-pyrrole nitrogens is 2. The van der Waals surface area contributed by atoms with Gasteiger partial charge in [0.1, 0.15) is 0 Å². The second-order valence-corrected chi connectivity index (χ2v) is 6.70. The molecule has 0 saturated carbocycles. The molecule has 6 heteroatoms. The molecule has 0 spiro atoms. The number of hydrogen-bond acceptors (Lipinski definition) is 2. The predicted octanol–water partition coefficient (Wildman–Crippen LogP) is 3.82. The van der Waals surface area contributed by atoms with Crippen molar-refractivity contribution in [3.63, 3.8) is 0 Å². The van der Waals surface area contributed by atoms with Crippen LogP contribution in [0.1, 0.15) is 27.3 Å². The fourth-order valence-electron chi connectivity index (χ4n) is 3.49. The molecule has 0 aliphatic rings. The number of imidazole rings is 1. The molecule has 2 heterocycles. The molecule has 2 aromatic carbocycles. The van der Waals surface area contributed by atoms with Crippen LogP contribution in [-0.2, 0) is 0 Å². The zero-order chi connectivity index (χ0) is 19.1. The van der Waals surface area contributed by atoms with Crippen molar-refractivity contribution >= 4 is 22.6 Å². The van der Waals surface area contributed by atoms with Gasteiger partial charge < -0.3 is 19.9 Å². The highest BCUT2D eigenvalue weighted by atomic mass is 16.2. The number of carbonyl (C=O) groups is 1. The molecular formula is C21H20N4O2. The highest BCUT2D eigenvalue weighted by Gasteiger charge is 2.17. The van der Waals surface area contributed by atoms with Gasteiger partial charge in [-0.25, -0.2) is 4.79 Å². The van der Waals surface area contributed by atoms with Crippen LogP contribution in [-0.4, -0.2) is 20.4 Å². The molecule has 0 aliphatic carbocycles. The van der Waals surface area contributed by atoms with Crippen molar-refractivity contribution in [1.29, 1.82) is 0 Å². The molecule has 2 aromatic heterocycles. The summed E-state index contributed by atoms with van der Waals surface area (Å²) in [5.41, 5.74) is 6.44. The van der Waals surface area contributed by atoms with Crippen LogP contribution in [0.25, 0.3) is 16.7 Å². The third-order valence-electron chi connectivity index (χ3n) is 4.81. The summed E-state index contributed by atoms with van der Waals surface area (Å²) in [4.78, 5) is 29.6. The minimum Gasteiger partial charge on any atom is -0.322 e. The molecule has 0 unspecified atom stereocenters. The second-order valence-electron chi connectivity index (χ2n) is 6.70. The maximum Gasteiger partial charge on any atom is 0.323 e. The smallest absolute Gasteiger partial charge is 0.322 e. The summed E-state index contributed by atoms with van der Waals surface area (Å²) in [5, 5.41) is 2.92. The number of amides is 1. The first-order chi connectivity index (χ1) is 12.9. The van der Waals surface area contributed by atoms with E-state index in [2.05, 4.69) is 32.8 Å². The lowest BCUT2D eigenvalue weighted by atomic mass is 10.2.